The Morgan fingerprint density at radius 3 is 2.26 bits per heavy atom. The Hall–Kier alpha value is -1.33. The van der Waals surface area contributed by atoms with Crippen molar-refractivity contribution in [3.05, 3.63) is 62.3 Å². The van der Waals surface area contributed by atoms with Crippen molar-refractivity contribution in [3.63, 3.8) is 0 Å². The number of nitro benzene ring substituents is 1. The van der Waals surface area contributed by atoms with E-state index in [9.17, 15) is 41.3 Å². The summed E-state index contributed by atoms with van der Waals surface area (Å²) in [6, 6.07) is 5.37. The highest BCUT2D eigenvalue weighted by atomic mass is 127. The molecular formula is C17H9F3I3NO9S. The molecule has 0 heterocycles. The smallest absolute Gasteiger partial charge is 0.426 e. The number of esters is 2. The molecule has 1 N–H and O–H groups in total. The Balaban J connectivity index is 2.36. The molecule has 10 nitrogen and oxygen atoms in total. The summed E-state index contributed by atoms with van der Waals surface area (Å²) >= 11 is 5.82. The van der Waals surface area contributed by atoms with Gasteiger partial charge in [0.15, 0.2) is 0 Å². The van der Waals surface area contributed by atoms with Crippen molar-refractivity contribution in [2.75, 3.05) is 5.75 Å². The monoisotopic (exact) mass is 841 g/mol. The standard InChI is InChI=1S/C17H9F3I3NO9S/c18-17(19,20)13(6-34(29,30)31)33-15(25)7-1-2-12(11(3-7)24(27)28)32-16(26)9-4-8(21)5-10(22)14(9)23/h1-5,13H,6H2,(H,29,30,31). The predicted octanol–water partition coefficient (Wildman–Crippen LogP) is 4.60. The fourth-order valence-electron chi connectivity index (χ4n) is 2.32. The number of ether oxygens (including phenoxy) is 2. The Bertz CT molecular complexity index is 1270. The summed E-state index contributed by atoms with van der Waals surface area (Å²) < 4.78 is 80.3. The number of halogens is 6. The van der Waals surface area contributed by atoms with Crippen molar-refractivity contribution >= 4 is 95.5 Å². The number of benzene rings is 2. The molecule has 0 spiro atoms. The van der Waals surface area contributed by atoms with E-state index in [2.05, 4.69) is 4.74 Å². The first-order valence-electron chi connectivity index (χ1n) is 8.37. The van der Waals surface area contributed by atoms with Crippen LogP contribution >= 0.6 is 67.8 Å². The van der Waals surface area contributed by atoms with Gasteiger partial charge in [0.2, 0.25) is 11.9 Å². The number of nitro groups is 1. The van der Waals surface area contributed by atoms with Crippen LogP contribution in [0.3, 0.4) is 0 Å². The molecule has 2 aromatic rings. The van der Waals surface area contributed by atoms with Gasteiger partial charge in [0.25, 0.3) is 10.1 Å². The maximum absolute atomic E-state index is 13.0. The van der Waals surface area contributed by atoms with Gasteiger partial charge < -0.3 is 9.47 Å². The van der Waals surface area contributed by atoms with Crippen LogP contribution in [0, 0.1) is 20.8 Å². The number of carbonyl (C=O) groups is 2. The molecule has 0 bridgehead atoms. The molecule has 0 amide bonds. The number of rotatable bonds is 7. The molecule has 2 rings (SSSR count). The third-order valence-electron chi connectivity index (χ3n) is 3.78. The minimum Gasteiger partial charge on any atom is -0.448 e. The summed E-state index contributed by atoms with van der Waals surface area (Å²) in [5, 5.41) is 11.4. The lowest BCUT2D eigenvalue weighted by Gasteiger charge is -2.19. The molecular weight excluding hydrogens is 832 g/mol. The Labute approximate surface area is 229 Å². The average Bonchev–Trinajstić information content (AvgIpc) is 2.68. The molecule has 0 saturated carbocycles. The zero-order valence-corrected chi connectivity index (χ0v) is 23.3. The van der Waals surface area contributed by atoms with Gasteiger partial charge in [-0.1, -0.05) is 0 Å². The summed E-state index contributed by atoms with van der Waals surface area (Å²) in [5.74, 6) is -5.27. The lowest BCUT2D eigenvalue weighted by Crippen LogP contribution is -2.39. The first-order chi connectivity index (χ1) is 15.5. The van der Waals surface area contributed by atoms with Crippen LogP contribution in [0.4, 0.5) is 18.9 Å². The summed E-state index contributed by atoms with van der Waals surface area (Å²) in [7, 11) is -5.18. The molecule has 0 radical (unpaired) electrons. The first kappa shape index (κ1) is 28.9. The molecule has 1 unspecified atom stereocenters. The number of nitrogens with zero attached hydrogens (tertiary/aromatic N) is 1. The van der Waals surface area contributed by atoms with Crippen LogP contribution in [0.5, 0.6) is 5.75 Å². The highest BCUT2D eigenvalue weighted by molar-refractivity contribution is 14.1. The van der Waals surface area contributed by atoms with Crippen LogP contribution in [-0.2, 0) is 14.9 Å². The average molecular weight is 841 g/mol. The fraction of sp³-hybridized carbons (Fsp3) is 0.176. The van der Waals surface area contributed by atoms with Crippen LogP contribution in [0.15, 0.2) is 30.3 Å². The van der Waals surface area contributed by atoms with Gasteiger partial charge in [-0.05, 0) is 92.0 Å². The number of hydrogen-bond donors (Lipinski definition) is 1. The molecule has 0 aliphatic heterocycles. The molecule has 0 aliphatic rings. The van der Waals surface area contributed by atoms with E-state index in [1.165, 1.54) is 6.07 Å². The van der Waals surface area contributed by atoms with Crippen LogP contribution < -0.4 is 4.74 Å². The van der Waals surface area contributed by atoms with Crippen molar-refractivity contribution in [1.82, 2.24) is 0 Å². The van der Waals surface area contributed by atoms with E-state index in [0.29, 0.717) is 16.8 Å². The number of alkyl halides is 3. The normalized spacial score (nSPS) is 12.7. The lowest BCUT2D eigenvalue weighted by atomic mass is 10.2. The SMILES string of the molecule is O=C(OC(CS(=O)(=O)O)C(F)(F)F)c1ccc(OC(=O)c2cc(I)cc(I)c2I)c([N+](=O)[O-])c1. The van der Waals surface area contributed by atoms with E-state index in [0.717, 1.165) is 12.1 Å². The minimum atomic E-state index is -5.35. The van der Waals surface area contributed by atoms with Gasteiger partial charge in [-0.2, -0.15) is 21.6 Å². The van der Waals surface area contributed by atoms with Gasteiger partial charge in [-0.15, -0.1) is 0 Å². The van der Waals surface area contributed by atoms with E-state index in [1.54, 1.807) is 6.07 Å². The lowest BCUT2D eigenvalue weighted by molar-refractivity contribution is -0.385. The fourth-order valence-corrected chi connectivity index (χ4v) is 5.33. The topological polar surface area (TPSA) is 150 Å². The van der Waals surface area contributed by atoms with Crippen molar-refractivity contribution in [2.24, 2.45) is 0 Å². The molecule has 0 aromatic heterocycles. The first-order valence-corrected chi connectivity index (χ1v) is 13.2. The van der Waals surface area contributed by atoms with Crippen molar-refractivity contribution in [2.45, 2.75) is 12.3 Å². The van der Waals surface area contributed by atoms with E-state index < -0.39 is 62.0 Å². The Kier molecular flexibility index (Phi) is 9.49. The maximum Gasteiger partial charge on any atom is 0.426 e. The second-order valence-electron chi connectivity index (χ2n) is 6.26. The number of hydrogen-bond acceptors (Lipinski definition) is 8. The van der Waals surface area contributed by atoms with E-state index in [4.69, 9.17) is 9.29 Å². The summed E-state index contributed by atoms with van der Waals surface area (Å²) in [6.07, 6.45) is -8.58. The van der Waals surface area contributed by atoms with E-state index in [1.807, 2.05) is 67.8 Å². The minimum absolute atomic E-state index is 0.105. The molecule has 2 aromatic carbocycles. The zero-order chi connectivity index (χ0) is 26.0. The van der Waals surface area contributed by atoms with Crippen LogP contribution in [0.25, 0.3) is 0 Å². The van der Waals surface area contributed by atoms with Gasteiger partial charge in [0.05, 0.1) is 16.1 Å². The van der Waals surface area contributed by atoms with Crippen molar-refractivity contribution in [3.8, 4) is 5.75 Å². The molecule has 34 heavy (non-hydrogen) atoms. The highest BCUT2D eigenvalue weighted by Crippen LogP contribution is 2.32. The predicted molar refractivity (Wildman–Crippen MR) is 134 cm³/mol. The van der Waals surface area contributed by atoms with Crippen LogP contribution in [0.1, 0.15) is 20.7 Å². The molecule has 184 valence electrons. The van der Waals surface area contributed by atoms with Gasteiger partial charge in [-0.25, -0.2) is 9.59 Å². The summed E-state index contributed by atoms with van der Waals surface area (Å²) in [5.41, 5.74) is -1.58. The Morgan fingerprint density at radius 1 is 1.12 bits per heavy atom. The summed E-state index contributed by atoms with van der Waals surface area (Å²) in [4.78, 5) is 35.1. The van der Waals surface area contributed by atoms with Crippen molar-refractivity contribution in [1.29, 1.82) is 0 Å². The van der Waals surface area contributed by atoms with Gasteiger partial charge >= 0.3 is 23.8 Å². The quantitative estimate of drug-likeness (QED) is 0.0803. The van der Waals surface area contributed by atoms with E-state index >= 15 is 0 Å². The summed E-state index contributed by atoms with van der Waals surface area (Å²) in [6.45, 7) is 0. The van der Waals surface area contributed by atoms with Gasteiger partial charge in [-0.3, -0.25) is 14.7 Å². The third-order valence-corrected chi connectivity index (χ3v) is 8.18. The van der Waals surface area contributed by atoms with Gasteiger partial charge in [0.1, 0.15) is 5.75 Å². The largest absolute Gasteiger partial charge is 0.448 e. The second-order valence-corrected chi connectivity index (χ2v) is 11.2. The van der Waals surface area contributed by atoms with E-state index in [-0.39, 0.29) is 5.56 Å². The van der Waals surface area contributed by atoms with Crippen LogP contribution in [-0.4, -0.2) is 47.9 Å². The Morgan fingerprint density at radius 2 is 1.74 bits per heavy atom. The highest BCUT2D eigenvalue weighted by Gasteiger charge is 2.45. The van der Waals surface area contributed by atoms with Crippen LogP contribution in [0.2, 0.25) is 0 Å². The molecule has 0 saturated heterocycles. The molecule has 0 aliphatic carbocycles. The maximum atomic E-state index is 13.0. The third kappa shape index (κ3) is 7.84. The number of carbonyl (C=O) groups excluding carboxylic acids is 2. The molecule has 0 fully saturated rings. The second kappa shape index (κ2) is 11.2. The zero-order valence-electron chi connectivity index (χ0n) is 16.0. The molecule has 17 heteroatoms. The van der Waals surface area contributed by atoms with Gasteiger partial charge in [0, 0.05) is 16.8 Å². The molecule has 1 atom stereocenters. The van der Waals surface area contributed by atoms with Crippen molar-refractivity contribution < 1.29 is 50.1 Å².